The van der Waals surface area contributed by atoms with E-state index in [-0.39, 0.29) is 17.6 Å². The number of esters is 1. The second kappa shape index (κ2) is 5.41. The van der Waals surface area contributed by atoms with Crippen LogP contribution in [0.25, 0.3) is 10.2 Å². The molecule has 1 amide bonds. The van der Waals surface area contributed by atoms with E-state index in [2.05, 4.69) is 4.98 Å². The molecule has 0 saturated heterocycles. The van der Waals surface area contributed by atoms with Gasteiger partial charge in [-0.3, -0.25) is 14.2 Å². The van der Waals surface area contributed by atoms with Gasteiger partial charge in [0.1, 0.15) is 10.9 Å². The molecule has 2 aromatic heterocycles. The number of amides is 1. The third-order valence-electron chi connectivity index (χ3n) is 2.84. The van der Waals surface area contributed by atoms with Crippen LogP contribution >= 0.6 is 11.3 Å². The highest BCUT2D eigenvalue weighted by molar-refractivity contribution is 7.17. The number of fused-ring (bicyclic) bond motifs is 1. The van der Waals surface area contributed by atoms with Crippen molar-refractivity contribution < 1.29 is 14.3 Å². The van der Waals surface area contributed by atoms with Crippen molar-refractivity contribution in [3.05, 3.63) is 27.6 Å². The molecule has 2 heterocycles. The lowest BCUT2D eigenvalue weighted by Gasteiger charge is -2.10. The number of rotatable bonds is 4. The van der Waals surface area contributed by atoms with Gasteiger partial charge in [-0.2, -0.15) is 0 Å². The Bertz CT molecular complexity index is 734. The van der Waals surface area contributed by atoms with E-state index >= 15 is 0 Å². The van der Waals surface area contributed by atoms with Gasteiger partial charge in [-0.15, -0.1) is 11.3 Å². The summed E-state index contributed by atoms with van der Waals surface area (Å²) in [7, 11) is 0. The molecule has 0 spiro atoms. The Hall–Kier alpha value is -2.22. The lowest BCUT2D eigenvalue weighted by Crippen LogP contribution is -2.32. The van der Waals surface area contributed by atoms with E-state index < -0.39 is 23.5 Å². The van der Waals surface area contributed by atoms with Crippen LogP contribution in [0.5, 0.6) is 0 Å². The number of primary amides is 1. The van der Waals surface area contributed by atoms with E-state index in [1.165, 1.54) is 30.0 Å². The molecule has 0 aromatic carbocycles. The Morgan fingerprint density at radius 2 is 2.25 bits per heavy atom. The van der Waals surface area contributed by atoms with Crippen molar-refractivity contribution in [1.29, 1.82) is 0 Å². The summed E-state index contributed by atoms with van der Waals surface area (Å²) in [5.41, 5.74) is 4.87. The topological polar surface area (TPSA) is 104 Å². The van der Waals surface area contributed by atoms with Crippen molar-refractivity contribution in [2.24, 2.45) is 5.73 Å². The normalized spacial score (nSPS) is 12.3. The van der Waals surface area contributed by atoms with Crippen LogP contribution in [0.1, 0.15) is 30.2 Å². The summed E-state index contributed by atoms with van der Waals surface area (Å²) < 4.78 is 6.01. The summed E-state index contributed by atoms with van der Waals surface area (Å²) in [5, 5.41) is 1.68. The van der Waals surface area contributed by atoms with Gasteiger partial charge in [0.25, 0.3) is 5.56 Å². The van der Waals surface area contributed by atoms with E-state index in [0.717, 1.165) is 4.57 Å². The van der Waals surface area contributed by atoms with Crippen LogP contribution in [-0.2, 0) is 9.53 Å². The largest absolute Gasteiger partial charge is 0.462 e. The van der Waals surface area contributed by atoms with E-state index in [4.69, 9.17) is 10.5 Å². The van der Waals surface area contributed by atoms with E-state index in [1.54, 1.807) is 6.92 Å². The van der Waals surface area contributed by atoms with E-state index in [0.29, 0.717) is 4.83 Å². The molecule has 0 bridgehead atoms. The minimum atomic E-state index is -0.839. The maximum absolute atomic E-state index is 12.4. The smallest absolute Gasteiger partial charge is 0.339 e. The fourth-order valence-electron chi connectivity index (χ4n) is 1.72. The molecule has 1 atom stereocenters. The van der Waals surface area contributed by atoms with Gasteiger partial charge in [0.15, 0.2) is 0 Å². The zero-order valence-corrected chi connectivity index (χ0v) is 11.8. The van der Waals surface area contributed by atoms with Crippen molar-refractivity contribution >= 4 is 33.4 Å². The van der Waals surface area contributed by atoms with E-state index in [1.807, 2.05) is 0 Å². The quantitative estimate of drug-likeness (QED) is 0.835. The van der Waals surface area contributed by atoms with Gasteiger partial charge in [-0.1, -0.05) is 0 Å². The predicted molar refractivity (Wildman–Crippen MR) is 73.7 cm³/mol. The molecule has 0 radical (unpaired) electrons. The van der Waals surface area contributed by atoms with E-state index in [9.17, 15) is 14.4 Å². The summed E-state index contributed by atoms with van der Waals surface area (Å²) in [4.78, 5) is 39.9. The van der Waals surface area contributed by atoms with Crippen LogP contribution in [0, 0.1) is 0 Å². The van der Waals surface area contributed by atoms with Gasteiger partial charge >= 0.3 is 5.97 Å². The molecule has 2 aromatic rings. The second-order valence-corrected chi connectivity index (χ2v) is 4.94. The molecule has 8 heteroatoms. The van der Waals surface area contributed by atoms with Crippen LogP contribution < -0.4 is 11.3 Å². The number of thiophene rings is 1. The summed E-state index contributed by atoms with van der Waals surface area (Å²) in [6, 6.07) is -0.839. The number of nitrogens with zero attached hydrogens (tertiary/aromatic N) is 2. The molecule has 0 saturated carbocycles. The highest BCUT2D eigenvalue weighted by Gasteiger charge is 2.21. The standard InChI is InChI=1S/C12H13N3O4S/c1-3-19-12(18)7-4-20-10-8(7)11(17)15(5-14-10)6(2)9(13)16/h4-6H,3H2,1-2H3,(H2,13,16). The van der Waals surface area contributed by atoms with Crippen LogP contribution in [0.2, 0.25) is 0 Å². The molecule has 0 aliphatic rings. The number of nitrogens with two attached hydrogens (primary N) is 1. The second-order valence-electron chi connectivity index (χ2n) is 4.09. The molecule has 0 aliphatic heterocycles. The lowest BCUT2D eigenvalue weighted by molar-refractivity contribution is -0.120. The first kappa shape index (κ1) is 14.2. The monoisotopic (exact) mass is 295 g/mol. The molecule has 0 fully saturated rings. The zero-order valence-electron chi connectivity index (χ0n) is 11.0. The third-order valence-corrected chi connectivity index (χ3v) is 3.73. The summed E-state index contributed by atoms with van der Waals surface area (Å²) >= 11 is 1.17. The van der Waals surface area contributed by atoms with Crippen LogP contribution in [0.3, 0.4) is 0 Å². The highest BCUT2D eigenvalue weighted by atomic mass is 32.1. The predicted octanol–water partition coefficient (Wildman–Crippen LogP) is 0.681. The van der Waals surface area contributed by atoms with Gasteiger partial charge in [0.2, 0.25) is 5.91 Å². The van der Waals surface area contributed by atoms with Gasteiger partial charge in [0.05, 0.1) is 23.9 Å². The number of carbonyl (C=O) groups excluding carboxylic acids is 2. The first-order chi connectivity index (χ1) is 9.47. The Labute approximate surface area is 118 Å². The third kappa shape index (κ3) is 2.29. The minimum Gasteiger partial charge on any atom is -0.462 e. The van der Waals surface area contributed by atoms with Crippen LogP contribution in [0.15, 0.2) is 16.5 Å². The molecular formula is C12H13N3O4S. The average Bonchev–Trinajstić information content (AvgIpc) is 2.83. The molecule has 7 nitrogen and oxygen atoms in total. The number of ether oxygens (including phenoxy) is 1. The number of hydrogen-bond donors (Lipinski definition) is 1. The van der Waals surface area contributed by atoms with Gasteiger partial charge in [-0.05, 0) is 13.8 Å². The Morgan fingerprint density at radius 1 is 1.55 bits per heavy atom. The Kier molecular flexibility index (Phi) is 3.84. The molecule has 2 rings (SSSR count). The summed E-state index contributed by atoms with van der Waals surface area (Å²) in [6.45, 7) is 3.38. The molecule has 20 heavy (non-hydrogen) atoms. The van der Waals surface area contributed by atoms with Gasteiger partial charge in [-0.25, -0.2) is 9.78 Å². The lowest BCUT2D eigenvalue weighted by atomic mass is 10.2. The Morgan fingerprint density at radius 3 is 2.85 bits per heavy atom. The van der Waals surface area contributed by atoms with Gasteiger partial charge < -0.3 is 10.5 Å². The van der Waals surface area contributed by atoms with Crippen molar-refractivity contribution in [3.63, 3.8) is 0 Å². The van der Waals surface area contributed by atoms with Crippen molar-refractivity contribution in [3.8, 4) is 0 Å². The Balaban J connectivity index is 2.65. The first-order valence-corrected chi connectivity index (χ1v) is 6.80. The van der Waals surface area contributed by atoms with Gasteiger partial charge in [0, 0.05) is 5.38 Å². The number of carbonyl (C=O) groups is 2. The molecular weight excluding hydrogens is 282 g/mol. The maximum Gasteiger partial charge on any atom is 0.339 e. The SMILES string of the molecule is CCOC(=O)c1csc2ncn(C(C)C(N)=O)c(=O)c12. The van der Waals surface area contributed by atoms with Crippen molar-refractivity contribution in [2.75, 3.05) is 6.61 Å². The first-order valence-electron chi connectivity index (χ1n) is 5.92. The van der Waals surface area contributed by atoms with Crippen molar-refractivity contribution in [2.45, 2.75) is 19.9 Å². The average molecular weight is 295 g/mol. The van der Waals surface area contributed by atoms with Crippen LogP contribution in [0.4, 0.5) is 0 Å². The summed E-state index contributed by atoms with van der Waals surface area (Å²) in [5.74, 6) is -1.23. The zero-order chi connectivity index (χ0) is 14.9. The maximum atomic E-state index is 12.4. The minimum absolute atomic E-state index is 0.157. The molecule has 2 N–H and O–H groups in total. The number of aromatic nitrogens is 2. The molecule has 106 valence electrons. The molecule has 0 aliphatic carbocycles. The fourth-order valence-corrected chi connectivity index (χ4v) is 2.58. The van der Waals surface area contributed by atoms with Crippen LogP contribution in [-0.4, -0.2) is 28.0 Å². The highest BCUT2D eigenvalue weighted by Crippen LogP contribution is 2.22. The summed E-state index contributed by atoms with van der Waals surface area (Å²) in [6.07, 6.45) is 1.26. The molecule has 1 unspecified atom stereocenters. The number of hydrogen-bond acceptors (Lipinski definition) is 6. The van der Waals surface area contributed by atoms with Crippen molar-refractivity contribution in [1.82, 2.24) is 9.55 Å². The fraction of sp³-hybridized carbons (Fsp3) is 0.333.